The number of anilines is 2. The molecule has 0 bridgehead atoms. The Bertz CT molecular complexity index is 1210. The molecule has 0 amide bonds. The second-order valence-corrected chi connectivity index (χ2v) is 7.34. The zero-order chi connectivity index (χ0) is 20.9. The fourth-order valence-corrected chi connectivity index (χ4v) is 3.49. The van der Waals surface area contributed by atoms with Crippen molar-refractivity contribution in [3.8, 4) is 17.5 Å². The summed E-state index contributed by atoms with van der Waals surface area (Å²) < 4.78 is 0. The van der Waals surface area contributed by atoms with Gasteiger partial charge in [0.2, 0.25) is 0 Å². The van der Waals surface area contributed by atoms with Crippen LogP contribution in [0.2, 0.25) is 10.0 Å². The highest BCUT2D eigenvalue weighted by atomic mass is 35.5. The van der Waals surface area contributed by atoms with Gasteiger partial charge in [-0.05, 0) is 42.5 Å². The van der Waals surface area contributed by atoms with Crippen LogP contribution >= 0.6 is 23.2 Å². The molecule has 30 heavy (non-hydrogen) atoms. The Morgan fingerprint density at radius 2 is 1.67 bits per heavy atom. The van der Waals surface area contributed by atoms with E-state index in [0.29, 0.717) is 40.3 Å². The molecule has 0 aliphatic rings. The van der Waals surface area contributed by atoms with Crippen LogP contribution in [0, 0.1) is 11.3 Å². The quantitative estimate of drug-likeness (QED) is 0.395. The summed E-state index contributed by atoms with van der Waals surface area (Å²) >= 11 is 12.3. The van der Waals surface area contributed by atoms with Crippen molar-refractivity contribution in [3.05, 3.63) is 76.4 Å². The Kier molecular flexibility index (Phi) is 5.94. The largest absolute Gasteiger partial charge is 0.368 e. The van der Waals surface area contributed by atoms with Crippen molar-refractivity contribution in [2.75, 3.05) is 23.7 Å². The number of hydrogen-bond acceptors (Lipinski definition) is 6. The first-order chi connectivity index (χ1) is 14.6. The van der Waals surface area contributed by atoms with Gasteiger partial charge in [-0.2, -0.15) is 5.26 Å². The topological polar surface area (TPSA) is 86.5 Å². The van der Waals surface area contributed by atoms with E-state index in [4.69, 9.17) is 33.4 Å². The van der Waals surface area contributed by atoms with Crippen molar-refractivity contribution in [3.63, 3.8) is 0 Å². The maximum Gasteiger partial charge on any atom is 0.162 e. The first kappa shape index (κ1) is 19.9. The molecular weight excluding hydrogens is 419 g/mol. The number of rotatable bonds is 6. The summed E-state index contributed by atoms with van der Waals surface area (Å²) in [5.41, 5.74) is 2.10. The molecule has 8 heteroatoms. The predicted molar refractivity (Wildman–Crippen MR) is 121 cm³/mol. The molecule has 0 radical (unpaired) electrons. The lowest BCUT2D eigenvalue weighted by atomic mass is 10.2. The van der Waals surface area contributed by atoms with Gasteiger partial charge in [0.1, 0.15) is 17.7 Å². The number of nitrogens with one attached hydrogen (secondary N) is 2. The molecule has 0 spiro atoms. The summed E-state index contributed by atoms with van der Waals surface area (Å²) in [7, 11) is 0. The van der Waals surface area contributed by atoms with Gasteiger partial charge < -0.3 is 10.6 Å². The third-order valence-electron chi connectivity index (χ3n) is 4.34. The van der Waals surface area contributed by atoms with Gasteiger partial charge in [-0.1, -0.05) is 35.3 Å². The van der Waals surface area contributed by atoms with Crippen LogP contribution in [0.4, 0.5) is 11.6 Å². The van der Waals surface area contributed by atoms with Gasteiger partial charge in [0.15, 0.2) is 5.82 Å². The predicted octanol–water partition coefficient (Wildman–Crippen LogP) is 5.39. The van der Waals surface area contributed by atoms with Crippen molar-refractivity contribution < 1.29 is 0 Å². The second kappa shape index (κ2) is 8.95. The molecule has 148 valence electrons. The number of halogens is 2. The summed E-state index contributed by atoms with van der Waals surface area (Å²) in [6.07, 6.45) is 1.54. The van der Waals surface area contributed by atoms with E-state index in [1.807, 2.05) is 24.3 Å². The lowest BCUT2D eigenvalue weighted by molar-refractivity contribution is 1.04. The van der Waals surface area contributed by atoms with Gasteiger partial charge in [0.25, 0.3) is 0 Å². The van der Waals surface area contributed by atoms with Crippen LogP contribution in [0.3, 0.4) is 0 Å². The van der Waals surface area contributed by atoms with Crippen LogP contribution in [0.1, 0.15) is 5.56 Å². The van der Waals surface area contributed by atoms with E-state index in [2.05, 4.69) is 26.7 Å². The van der Waals surface area contributed by atoms with Crippen molar-refractivity contribution in [1.82, 2.24) is 15.0 Å². The van der Waals surface area contributed by atoms with E-state index >= 15 is 0 Å². The molecule has 6 nitrogen and oxygen atoms in total. The number of para-hydroxylation sites is 1. The fraction of sp³-hybridized carbons (Fsp3) is 0.0909. The molecule has 2 heterocycles. The van der Waals surface area contributed by atoms with E-state index in [1.165, 1.54) is 6.20 Å². The molecule has 2 aromatic carbocycles. The van der Waals surface area contributed by atoms with Crippen LogP contribution in [-0.4, -0.2) is 28.0 Å². The van der Waals surface area contributed by atoms with Gasteiger partial charge in [-0.3, -0.25) is 0 Å². The molecule has 0 fully saturated rings. The Balaban J connectivity index is 1.54. The van der Waals surface area contributed by atoms with E-state index < -0.39 is 0 Å². The number of pyridine rings is 1. The molecular formula is C22H16Cl2N6. The van der Waals surface area contributed by atoms with Gasteiger partial charge in [-0.15, -0.1) is 0 Å². The first-order valence-electron chi connectivity index (χ1n) is 9.19. The molecule has 0 saturated heterocycles. The minimum absolute atomic E-state index is 0.528. The highest BCUT2D eigenvalue weighted by Crippen LogP contribution is 2.28. The molecule has 2 aromatic heterocycles. The number of nitrogens with zero attached hydrogens (tertiary/aromatic N) is 4. The van der Waals surface area contributed by atoms with Crippen LogP contribution in [0.25, 0.3) is 22.3 Å². The molecule has 0 aliphatic carbocycles. The molecule has 0 saturated carbocycles. The Morgan fingerprint density at radius 1 is 0.900 bits per heavy atom. The van der Waals surface area contributed by atoms with Crippen molar-refractivity contribution in [2.45, 2.75) is 0 Å². The summed E-state index contributed by atoms with van der Waals surface area (Å²) in [6, 6.07) is 18.6. The number of fused-ring (bicyclic) bond motifs is 1. The van der Waals surface area contributed by atoms with Gasteiger partial charge in [-0.25, -0.2) is 15.0 Å². The highest BCUT2D eigenvalue weighted by Gasteiger charge is 2.10. The Hall–Kier alpha value is -3.40. The van der Waals surface area contributed by atoms with Crippen LogP contribution in [0.15, 0.2) is 60.8 Å². The minimum Gasteiger partial charge on any atom is -0.368 e. The van der Waals surface area contributed by atoms with Crippen molar-refractivity contribution >= 4 is 45.7 Å². The average molecular weight is 435 g/mol. The Morgan fingerprint density at radius 3 is 2.40 bits per heavy atom. The lowest BCUT2D eigenvalue weighted by Gasteiger charge is -2.12. The van der Waals surface area contributed by atoms with Crippen LogP contribution < -0.4 is 10.6 Å². The van der Waals surface area contributed by atoms with Gasteiger partial charge in [0.05, 0.1) is 11.1 Å². The molecule has 4 aromatic rings. The summed E-state index contributed by atoms with van der Waals surface area (Å²) in [4.78, 5) is 13.6. The zero-order valence-electron chi connectivity index (χ0n) is 15.7. The summed E-state index contributed by atoms with van der Waals surface area (Å²) in [5, 5.41) is 17.4. The normalized spacial score (nSPS) is 10.6. The third kappa shape index (κ3) is 4.60. The number of benzene rings is 2. The zero-order valence-corrected chi connectivity index (χ0v) is 17.2. The van der Waals surface area contributed by atoms with E-state index in [0.717, 1.165) is 22.3 Å². The molecule has 0 unspecified atom stereocenters. The number of hydrogen-bond donors (Lipinski definition) is 2. The standard InChI is InChI=1S/C22H16Cl2N6/c23-16-9-15(10-17(24)11-16)21-29-19-4-2-1-3-18(19)22(30-21)27-8-7-26-20-6-5-14(12-25)13-28-20/h1-6,9-11,13H,7-8H2,(H,26,28)(H,27,29,30). The first-order valence-corrected chi connectivity index (χ1v) is 9.95. The molecule has 2 N–H and O–H groups in total. The minimum atomic E-state index is 0.528. The summed E-state index contributed by atoms with van der Waals surface area (Å²) in [5.74, 6) is 1.97. The fourth-order valence-electron chi connectivity index (χ4n) is 2.96. The smallest absolute Gasteiger partial charge is 0.162 e. The lowest BCUT2D eigenvalue weighted by Crippen LogP contribution is -2.15. The summed E-state index contributed by atoms with van der Waals surface area (Å²) in [6.45, 7) is 1.23. The van der Waals surface area contributed by atoms with Gasteiger partial charge in [0, 0.05) is 40.3 Å². The number of aromatic nitrogens is 3. The second-order valence-electron chi connectivity index (χ2n) is 6.47. The Labute approximate surface area is 183 Å². The van der Waals surface area contributed by atoms with Crippen LogP contribution in [-0.2, 0) is 0 Å². The molecule has 0 aliphatic heterocycles. The van der Waals surface area contributed by atoms with Crippen molar-refractivity contribution in [1.29, 1.82) is 5.26 Å². The van der Waals surface area contributed by atoms with Crippen LogP contribution in [0.5, 0.6) is 0 Å². The monoisotopic (exact) mass is 434 g/mol. The average Bonchev–Trinajstić information content (AvgIpc) is 2.76. The SMILES string of the molecule is N#Cc1ccc(NCCNc2nc(-c3cc(Cl)cc(Cl)c3)nc3ccccc23)nc1. The van der Waals surface area contributed by atoms with E-state index in [-0.39, 0.29) is 0 Å². The maximum absolute atomic E-state index is 8.84. The molecule has 0 atom stereocenters. The van der Waals surface area contributed by atoms with Gasteiger partial charge >= 0.3 is 0 Å². The number of nitriles is 1. The van der Waals surface area contributed by atoms with E-state index in [1.54, 1.807) is 30.3 Å². The van der Waals surface area contributed by atoms with E-state index in [9.17, 15) is 0 Å². The molecule has 4 rings (SSSR count). The maximum atomic E-state index is 8.84. The highest BCUT2D eigenvalue weighted by molar-refractivity contribution is 6.35. The van der Waals surface area contributed by atoms with Crippen molar-refractivity contribution in [2.24, 2.45) is 0 Å². The third-order valence-corrected chi connectivity index (χ3v) is 4.78.